The first-order chi connectivity index (χ1) is 9.18. The van der Waals surface area contributed by atoms with Crippen molar-refractivity contribution in [3.63, 3.8) is 0 Å². The highest BCUT2D eigenvalue weighted by molar-refractivity contribution is 5.79. The minimum Gasteiger partial charge on any atom is -0.354 e. The Balaban J connectivity index is 1.87. The number of amides is 1. The topological polar surface area (TPSA) is 46.9 Å². The van der Waals surface area contributed by atoms with E-state index in [0.29, 0.717) is 12.5 Å². The Morgan fingerprint density at radius 1 is 1.32 bits per heavy atom. The van der Waals surface area contributed by atoms with Crippen molar-refractivity contribution in [2.75, 3.05) is 6.54 Å². The van der Waals surface area contributed by atoms with Gasteiger partial charge in [0.15, 0.2) is 0 Å². The highest BCUT2D eigenvalue weighted by Gasteiger charge is 2.15. The van der Waals surface area contributed by atoms with E-state index in [1.165, 1.54) is 5.56 Å². The van der Waals surface area contributed by atoms with Crippen LogP contribution in [0.2, 0.25) is 0 Å². The van der Waals surface area contributed by atoms with E-state index in [2.05, 4.69) is 29.4 Å². The summed E-state index contributed by atoms with van der Waals surface area (Å²) in [6.07, 6.45) is 5.13. The first-order valence-electron chi connectivity index (χ1n) is 6.48. The summed E-state index contributed by atoms with van der Waals surface area (Å²) in [6, 6.07) is 9.96. The molecule has 0 fully saturated rings. The Hall–Kier alpha value is -2.10. The molecule has 2 aromatic rings. The second-order valence-corrected chi connectivity index (χ2v) is 4.74. The van der Waals surface area contributed by atoms with Gasteiger partial charge in [0.2, 0.25) is 5.91 Å². The maximum Gasteiger partial charge on any atom is 0.242 e. The number of benzene rings is 1. The number of hydrogen-bond acceptors (Lipinski definition) is 2. The zero-order chi connectivity index (χ0) is 13.7. The molecular weight excluding hydrogens is 238 g/mol. The second-order valence-electron chi connectivity index (χ2n) is 4.74. The molecule has 1 aromatic heterocycles. The van der Waals surface area contributed by atoms with E-state index in [4.69, 9.17) is 0 Å². The average Bonchev–Trinajstić information content (AvgIpc) is 2.98. The molecule has 0 radical (unpaired) electrons. The fourth-order valence-electron chi connectivity index (χ4n) is 1.93. The summed E-state index contributed by atoms with van der Waals surface area (Å²) in [5.74, 6) is 0.320. The van der Waals surface area contributed by atoms with Crippen LogP contribution >= 0.6 is 0 Å². The van der Waals surface area contributed by atoms with Gasteiger partial charge >= 0.3 is 0 Å². The second kappa shape index (κ2) is 6.18. The number of nitrogens with one attached hydrogen (secondary N) is 1. The van der Waals surface area contributed by atoms with Crippen molar-refractivity contribution in [3.8, 4) is 0 Å². The predicted octanol–water partition coefficient (Wildman–Crippen LogP) is 2.36. The molecule has 100 valence electrons. The molecule has 1 N–H and O–H groups in total. The minimum atomic E-state index is -0.231. The fourth-order valence-corrected chi connectivity index (χ4v) is 1.93. The lowest BCUT2D eigenvalue weighted by Crippen LogP contribution is -2.33. The van der Waals surface area contributed by atoms with Crippen molar-refractivity contribution in [1.82, 2.24) is 14.9 Å². The lowest BCUT2D eigenvalue weighted by atomic mass is 10.0. The Labute approximate surface area is 113 Å². The molecule has 0 aliphatic rings. The number of carbonyl (C=O) groups is 1. The van der Waals surface area contributed by atoms with Crippen molar-refractivity contribution >= 4 is 5.91 Å². The maximum absolute atomic E-state index is 12.0. The average molecular weight is 257 g/mol. The summed E-state index contributed by atoms with van der Waals surface area (Å²) < 4.78 is 1.79. The molecule has 0 saturated heterocycles. The molecule has 0 saturated carbocycles. The summed E-state index contributed by atoms with van der Waals surface area (Å²) >= 11 is 0. The third kappa shape index (κ3) is 3.44. The first-order valence-corrected chi connectivity index (χ1v) is 6.48. The van der Waals surface area contributed by atoms with Gasteiger partial charge in [0.05, 0.1) is 6.33 Å². The first kappa shape index (κ1) is 13.3. The largest absolute Gasteiger partial charge is 0.354 e. The summed E-state index contributed by atoms with van der Waals surface area (Å²) in [4.78, 5) is 16.0. The third-order valence-electron chi connectivity index (χ3n) is 3.30. The monoisotopic (exact) mass is 257 g/mol. The molecule has 0 unspecified atom stereocenters. The molecule has 2 atom stereocenters. The smallest absolute Gasteiger partial charge is 0.242 e. The van der Waals surface area contributed by atoms with Crippen LogP contribution in [-0.4, -0.2) is 22.0 Å². The molecule has 2 rings (SSSR count). The van der Waals surface area contributed by atoms with Crippen LogP contribution in [0.1, 0.15) is 31.4 Å². The Kier molecular flexibility index (Phi) is 4.34. The molecule has 1 heterocycles. The van der Waals surface area contributed by atoms with Gasteiger partial charge in [-0.2, -0.15) is 0 Å². The number of carbonyl (C=O) groups excluding carboxylic acids is 1. The molecule has 0 aliphatic carbocycles. The third-order valence-corrected chi connectivity index (χ3v) is 3.30. The minimum absolute atomic E-state index is 0.0146. The zero-order valence-corrected chi connectivity index (χ0v) is 11.3. The predicted molar refractivity (Wildman–Crippen MR) is 74.8 cm³/mol. The van der Waals surface area contributed by atoms with Gasteiger partial charge in [0.1, 0.15) is 6.04 Å². The van der Waals surface area contributed by atoms with Crippen LogP contribution in [-0.2, 0) is 4.79 Å². The number of imidazole rings is 1. The SMILES string of the molecule is C[C@@H](CNC(=O)[C@H](C)n1ccnc1)c1ccccc1. The quantitative estimate of drug-likeness (QED) is 0.893. The molecule has 1 aromatic carbocycles. The Morgan fingerprint density at radius 3 is 2.68 bits per heavy atom. The lowest BCUT2D eigenvalue weighted by Gasteiger charge is -2.16. The van der Waals surface area contributed by atoms with Crippen LogP contribution in [0.4, 0.5) is 0 Å². The van der Waals surface area contributed by atoms with Gasteiger partial charge in [0, 0.05) is 18.9 Å². The summed E-state index contributed by atoms with van der Waals surface area (Å²) in [7, 11) is 0. The number of nitrogens with zero attached hydrogens (tertiary/aromatic N) is 2. The highest BCUT2D eigenvalue weighted by atomic mass is 16.2. The van der Waals surface area contributed by atoms with E-state index in [-0.39, 0.29) is 11.9 Å². The van der Waals surface area contributed by atoms with E-state index in [1.807, 2.05) is 25.1 Å². The normalized spacial score (nSPS) is 13.8. The van der Waals surface area contributed by atoms with Gasteiger partial charge in [-0.05, 0) is 18.4 Å². The standard InChI is InChI=1S/C15H19N3O/c1-12(14-6-4-3-5-7-14)10-17-15(19)13(2)18-9-8-16-11-18/h3-9,11-13H,10H2,1-2H3,(H,17,19)/t12-,13-/m0/s1. The van der Waals surface area contributed by atoms with Gasteiger partial charge in [0.25, 0.3) is 0 Å². The van der Waals surface area contributed by atoms with Gasteiger partial charge in [-0.25, -0.2) is 4.98 Å². The zero-order valence-electron chi connectivity index (χ0n) is 11.3. The number of hydrogen-bond donors (Lipinski definition) is 1. The van der Waals surface area contributed by atoms with Crippen LogP contribution in [0.25, 0.3) is 0 Å². The lowest BCUT2D eigenvalue weighted by molar-refractivity contribution is -0.123. The van der Waals surface area contributed by atoms with E-state index in [1.54, 1.807) is 23.3 Å². The van der Waals surface area contributed by atoms with Crippen LogP contribution in [0, 0.1) is 0 Å². The van der Waals surface area contributed by atoms with Crippen molar-refractivity contribution in [3.05, 3.63) is 54.6 Å². The Bertz CT molecular complexity index is 507. The van der Waals surface area contributed by atoms with Crippen LogP contribution < -0.4 is 5.32 Å². The number of rotatable bonds is 5. The summed E-state index contributed by atoms with van der Waals surface area (Å²) in [5.41, 5.74) is 1.23. The molecule has 4 nitrogen and oxygen atoms in total. The van der Waals surface area contributed by atoms with Crippen LogP contribution in [0.15, 0.2) is 49.1 Å². The molecular formula is C15H19N3O. The molecule has 19 heavy (non-hydrogen) atoms. The summed E-state index contributed by atoms with van der Waals surface area (Å²) in [6.45, 7) is 4.61. The molecule has 4 heteroatoms. The van der Waals surface area contributed by atoms with Crippen LogP contribution in [0.3, 0.4) is 0 Å². The van der Waals surface area contributed by atoms with E-state index >= 15 is 0 Å². The fraction of sp³-hybridized carbons (Fsp3) is 0.333. The van der Waals surface area contributed by atoms with E-state index < -0.39 is 0 Å². The Morgan fingerprint density at radius 2 is 2.05 bits per heavy atom. The molecule has 0 bridgehead atoms. The van der Waals surface area contributed by atoms with Crippen molar-refractivity contribution in [1.29, 1.82) is 0 Å². The van der Waals surface area contributed by atoms with Gasteiger partial charge in [-0.1, -0.05) is 37.3 Å². The van der Waals surface area contributed by atoms with Crippen molar-refractivity contribution < 1.29 is 4.79 Å². The van der Waals surface area contributed by atoms with Crippen molar-refractivity contribution in [2.45, 2.75) is 25.8 Å². The molecule has 0 spiro atoms. The van der Waals surface area contributed by atoms with Crippen LogP contribution in [0.5, 0.6) is 0 Å². The van der Waals surface area contributed by atoms with Gasteiger partial charge in [-0.3, -0.25) is 4.79 Å². The van der Waals surface area contributed by atoms with E-state index in [9.17, 15) is 4.79 Å². The molecule has 1 amide bonds. The maximum atomic E-state index is 12.0. The summed E-state index contributed by atoms with van der Waals surface area (Å²) in [5, 5.41) is 2.98. The van der Waals surface area contributed by atoms with Crippen molar-refractivity contribution in [2.24, 2.45) is 0 Å². The van der Waals surface area contributed by atoms with Gasteiger partial charge in [-0.15, -0.1) is 0 Å². The van der Waals surface area contributed by atoms with Gasteiger partial charge < -0.3 is 9.88 Å². The van der Waals surface area contributed by atoms with E-state index in [0.717, 1.165) is 0 Å². The highest BCUT2D eigenvalue weighted by Crippen LogP contribution is 2.13. The molecule has 0 aliphatic heterocycles. The number of aromatic nitrogens is 2.